The molecular formula is C16H22O2Si. The minimum absolute atomic E-state index is 0.00637. The molecule has 1 aromatic carbocycles. The Morgan fingerprint density at radius 1 is 1.21 bits per heavy atom. The van der Waals surface area contributed by atoms with Gasteiger partial charge in [0.2, 0.25) is 0 Å². The Kier molecular flexibility index (Phi) is 4.37. The summed E-state index contributed by atoms with van der Waals surface area (Å²) < 4.78 is 6.18. The zero-order valence-electron chi connectivity index (χ0n) is 12.0. The van der Waals surface area contributed by atoms with Crippen LogP contribution in [0.15, 0.2) is 35.9 Å². The Morgan fingerprint density at radius 3 is 2.53 bits per heavy atom. The van der Waals surface area contributed by atoms with Crippen LogP contribution in [0.25, 0.3) is 6.08 Å². The summed E-state index contributed by atoms with van der Waals surface area (Å²) in [5.41, 5.74) is 1.94. The predicted octanol–water partition coefficient (Wildman–Crippen LogP) is 4.04. The van der Waals surface area contributed by atoms with Crippen molar-refractivity contribution in [3.05, 3.63) is 41.5 Å². The molecule has 1 aliphatic rings. The van der Waals surface area contributed by atoms with E-state index in [-0.39, 0.29) is 11.9 Å². The summed E-state index contributed by atoms with van der Waals surface area (Å²) in [6.07, 6.45) is 4.57. The van der Waals surface area contributed by atoms with Gasteiger partial charge in [0, 0.05) is 12.0 Å². The SMILES string of the molecule is C[Si](C)(C)OC1CCCC(=O)C1=Cc1ccccc1. The minimum Gasteiger partial charge on any atom is -0.411 e. The first kappa shape index (κ1) is 14.2. The molecule has 1 aromatic rings. The molecule has 3 heteroatoms. The molecule has 19 heavy (non-hydrogen) atoms. The van der Waals surface area contributed by atoms with Crippen LogP contribution in [-0.4, -0.2) is 20.2 Å². The van der Waals surface area contributed by atoms with Gasteiger partial charge in [0.05, 0.1) is 6.10 Å². The van der Waals surface area contributed by atoms with Gasteiger partial charge in [-0.2, -0.15) is 0 Å². The summed E-state index contributed by atoms with van der Waals surface area (Å²) in [4.78, 5) is 12.2. The molecular weight excluding hydrogens is 252 g/mol. The Balaban J connectivity index is 2.26. The van der Waals surface area contributed by atoms with E-state index in [4.69, 9.17) is 4.43 Å². The first-order chi connectivity index (χ1) is 8.96. The van der Waals surface area contributed by atoms with Crippen molar-refractivity contribution in [1.82, 2.24) is 0 Å². The van der Waals surface area contributed by atoms with E-state index < -0.39 is 8.32 Å². The Bertz CT molecular complexity index is 471. The van der Waals surface area contributed by atoms with Gasteiger partial charge in [-0.3, -0.25) is 4.79 Å². The number of hydrogen-bond donors (Lipinski definition) is 0. The zero-order chi connectivity index (χ0) is 13.9. The van der Waals surface area contributed by atoms with Gasteiger partial charge in [-0.1, -0.05) is 30.3 Å². The van der Waals surface area contributed by atoms with Gasteiger partial charge in [-0.05, 0) is 44.1 Å². The first-order valence-electron chi connectivity index (χ1n) is 6.93. The van der Waals surface area contributed by atoms with Crippen LogP contribution in [0.5, 0.6) is 0 Å². The molecule has 0 aromatic heterocycles. The van der Waals surface area contributed by atoms with Crippen molar-refractivity contribution >= 4 is 20.2 Å². The molecule has 0 saturated heterocycles. The van der Waals surface area contributed by atoms with Crippen molar-refractivity contribution in [2.45, 2.75) is 45.0 Å². The number of hydrogen-bond acceptors (Lipinski definition) is 2. The lowest BCUT2D eigenvalue weighted by Gasteiger charge is -2.30. The average Bonchev–Trinajstić information content (AvgIpc) is 2.33. The summed E-state index contributed by atoms with van der Waals surface area (Å²) >= 11 is 0. The molecule has 0 heterocycles. The third-order valence-electron chi connectivity index (χ3n) is 3.16. The van der Waals surface area contributed by atoms with Gasteiger partial charge in [0.15, 0.2) is 14.1 Å². The van der Waals surface area contributed by atoms with Gasteiger partial charge in [0.25, 0.3) is 0 Å². The Morgan fingerprint density at radius 2 is 1.89 bits per heavy atom. The molecule has 0 spiro atoms. The topological polar surface area (TPSA) is 26.3 Å². The van der Waals surface area contributed by atoms with Crippen LogP contribution in [0, 0.1) is 0 Å². The standard InChI is InChI=1S/C16H22O2Si/c1-19(2,3)18-16-11-7-10-15(17)14(16)12-13-8-5-4-6-9-13/h4-6,8-9,12,16H,7,10-11H2,1-3H3. The van der Waals surface area contributed by atoms with Gasteiger partial charge in [-0.15, -0.1) is 0 Å². The van der Waals surface area contributed by atoms with Crippen LogP contribution >= 0.6 is 0 Å². The van der Waals surface area contributed by atoms with E-state index in [1.165, 1.54) is 0 Å². The highest BCUT2D eigenvalue weighted by Gasteiger charge is 2.30. The second-order valence-electron chi connectivity index (χ2n) is 6.04. The van der Waals surface area contributed by atoms with Crippen molar-refractivity contribution in [2.75, 3.05) is 0 Å². The molecule has 0 amide bonds. The number of Topliss-reactive ketones (excluding diaryl/α,β-unsaturated/α-hetero) is 1. The van der Waals surface area contributed by atoms with Crippen molar-refractivity contribution in [2.24, 2.45) is 0 Å². The minimum atomic E-state index is -1.63. The van der Waals surface area contributed by atoms with Crippen molar-refractivity contribution in [3.8, 4) is 0 Å². The van der Waals surface area contributed by atoms with Gasteiger partial charge in [-0.25, -0.2) is 0 Å². The molecule has 0 N–H and O–H groups in total. The van der Waals surface area contributed by atoms with Crippen LogP contribution in [0.3, 0.4) is 0 Å². The van der Waals surface area contributed by atoms with Crippen LogP contribution in [0.2, 0.25) is 19.6 Å². The highest BCUT2D eigenvalue weighted by atomic mass is 28.4. The number of benzene rings is 1. The van der Waals surface area contributed by atoms with Crippen LogP contribution in [0.4, 0.5) is 0 Å². The van der Waals surface area contributed by atoms with Crippen LogP contribution in [-0.2, 0) is 9.22 Å². The Labute approximate surface area is 116 Å². The lowest BCUT2D eigenvalue weighted by molar-refractivity contribution is -0.117. The monoisotopic (exact) mass is 274 g/mol. The molecule has 1 fully saturated rings. The third-order valence-corrected chi connectivity index (χ3v) is 4.15. The third kappa shape index (κ3) is 4.15. The summed E-state index contributed by atoms with van der Waals surface area (Å²) in [6, 6.07) is 10.0. The zero-order valence-corrected chi connectivity index (χ0v) is 13.0. The number of carbonyl (C=O) groups is 1. The maximum Gasteiger partial charge on any atom is 0.184 e. The normalized spacial score (nSPS) is 22.8. The fourth-order valence-electron chi connectivity index (χ4n) is 2.38. The van der Waals surface area contributed by atoms with E-state index >= 15 is 0 Å². The van der Waals surface area contributed by atoms with Gasteiger partial charge >= 0.3 is 0 Å². The van der Waals surface area contributed by atoms with E-state index in [9.17, 15) is 4.79 Å². The molecule has 1 saturated carbocycles. The lowest BCUT2D eigenvalue weighted by Crippen LogP contribution is -2.36. The van der Waals surface area contributed by atoms with Gasteiger partial charge < -0.3 is 4.43 Å². The van der Waals surface area contributed by atoms with Gasteiger partial charge in [0.1, 0.15) is 0 Å². The molecule has 2 nitrogen and oxygen atoms in total. The lowest BCUT2D eigenvalue weighted by atomic mass is 9.89. The van der Waals surface area contributed by atoms with Crippen molar-refractivity contribution in [1.29, 1.82) is 0 Å². The molecule has 2 rings (SSSR count). The molecule has 0 radical (unpaired) electrons. The van der Waals surface area contributed by atoms with E-state index in [1.807, 2.05) is 36.4 Å². The molecule has 1 aliphatic carbocycles. The smallest absolute Gasteiger partial charge is 0.184 e. The second kappa shape index (κ2) is 5.84. The Hall–Kier alpha value is -1.19. The summed E-state index contributed by atoms with van der Waals surface area (Å²) in [7, 11) is -1.63. The summed E-state index contributed by atoms with van der Waals surface area (Å²) in [6.45, 7) is 6.52. The maximum absolute atomic E-state index is 12.2. The predicted molar refractivity (Wildman–Crippen MR) is 81.5 cm³/mol. The molecule has 0 aliphatic heterocycles. The molecule has 1 atom stereocenters. The number of ketones is 1. The van der Waals surface area contributed by atoms with E-state index in [2.05, 4.69) is 19.6 Å². The second-order valence-corrected chi connectivity index (χ2v) is 10.5. The van der Waals surface area contributed by atoms with Crippen molar-refractivity contribution < 1.29 is 9.22 Å². The summed E-state index contributed by atoms with van der Waals surface area (Å²) in [5, 5.41) is 0. The quantitative estimate of drug-likeness (QED) is 0.614. The summed E-state index contributed by atoms with van der Waals surface area (Å²) in [5.74, 6) is 0.248. The van der Waals surface area contributed by atoms with E-state index in [1.54, 1.807) is 0 Å². The van der Waals surface area contributed by atoms with E-state index in [0.29, 0.717) is 6.42 Å². The van der Waals surface area contributed by atoms with Crippen LogP contribution < -0.4 is 0 Å². The fourth-order valence-corrected chi connectivity index (χ4v) is 3.48. The molecule has 102 valence electrons. The van der Waals surface area contributed by atoms with Crippen LogP contribution in [0.1, 0.15) is 24.8 Å². The average molecular weight is 274 g/mol. The first-order valence-corrected chi connectivity index (χ1v) is 10.3. The number of carbonyl (C=O) groups excluding carboxylic acids is 1. The van der Waals surface area contributed by atoms with E-state index in [0.717, 1.165) is 24.0 Å². The maximum atomic E-state index is 12.2. The number of rotatable bonds is 3. The largest absolute Gasteiger partial charge is 0.411 e. The fraction of sp³-hybridized carbons (Fsp3) is 0.438. The van der Waals surface area contributed by atoms with Crippen molar-refractivity contribution in [3.63, 3.8) is 0 Å². The molecule has 0 bridgehead atoms. The molecule has 1 unspecified atom stereocenters. The highest BCUT2D eigenvalue weighted by Crippen LogP contribution is 2.28. The highest BCUT2D eigenvalue weighted by molar-refractivity contribution is 6.69.